The maximum atomic E-state index is 12.9. The zero-order chi connectivity index (χ0) is 25.4. The van der Waals surface area contributed by atoms with E-state index in [9.17, 15) is 14.4 Å². The van der Waals surface area contributed by atoms with Crippen molar-refractivity contribution in [2.45, 2.75) is 33.2 Å². The van der Waals surface area contributed by atoms with Crippen molar-refractivity contribution >= 4 is 34.8 Å². The molecule has 0 saturated heterocycles. The molecule has 3 amide bonds. The molecule has 3 aromatic carbocycles. The number of hydrogen-bond acceptors (Lipinski definition) is 4. The molecule has 3 rings (SSSR count). The zero-order valence-electron chi connectivity index (χ0n) is 20.6. The summed E-state index contributed by atoms with van der Waals surface area (Å²) in [5.41, 5.74) is 2.82. The third-order valence-corrected chi connectivity index (χ3v) is 5.11. The molecule has 0 aliphatic carbocycles. The van der Waals surface area contributed by atoms with Gasteiger partial charge < -0.3 is 20.9 Å². The molecule has 7 nitrogen and oxygen atoms in total. The minimum atomic E-state index is -0.336. The van der Waals surface area contributed by atoms with Crippen LogP contribution in [0.25, 0.3) is 0 Å². The van der Waals surface area contributed by atoms with Crippen molar-refractivity contribution in [3.8, 4) is 0 Å². The van der Waals surface area contributed by atoms with Crippen molar-refractivity contribution in [1.82, 2.24) is 5.32 Å². The average molecular weight is 473 g/mol. The fourth-order valence-corrected chi connectivity index (χ4v) is 3.47. The molecule has 0 spiro atoms. The first-order valence-electron chi connectivity index (χ1n) is 11.6. The van der Waals surface area contributed by atoms with Crippen LogP contribution in [-0.4, -0.2) is 36.3 Å². The Hall–Kier alpha value is -4.13. The molecule has 0 bridgehead atoms. The third-order valence-electron chi connectivity index (χ3n) is 5.11. The fraction of sp³-hybridized carbons (Fsp3) is 0.250. The zero-order valence-corrected chi connectivity index (χ0v) is 20.6. The van der Waals surface area contributed by atoms with Crippen LogP contribution in [-0.2, 0) is 4.79 Å². The third kappa shape index (κ3) is 7.43. The van der Waals surface area contributed by atoms with Crippen LogP contribution in [0.5, 0.6) is 0 Å². The minimum absolute atomic E-state index is 0.0304. The Labute approximate surface area is 206 Å². The van der Waals surface area contributed by atoms with E-state index < -0.39 is 0 Å². The van der Waals surface area contributed by atoms with E-state index in [2.05, 4.69) is 16.0 Å². The molecule has 182 valence electrons. The molecule has 0 fully saturated rings. The second kappa shape index (κ2) is 11.3. The van der Waals surface area contributed by atoms with Crippen LogP contribution < -0.4 is 20.9 Å². The number of benzene rings is 3. The standard InChI is InChI=1S/C28H32N4O3/c1-5-32(24-12-7-6-8-13-24)27(35)20-14-16-22(17-15-20)30-25(33)19-29-23-11-9-10-21(18-23)26(34)31-28(2,3)4/h6-18,29H,5,19H2,1-4H3,(H,30,33)(H,31,34). The van der Waals surface area contributed by atoms with Crippen molar-refractivity contribution in [2.75, 3.05) is 28.6 Å². The molecule has 3 N–H and O–H groups in total. The first-order chi connectivity index (χ1) is 16.7. The summed E-state index contributed by atoms with van der Waals surface area (Å²) in [4.78, 5) is 39.4. The Kier molecular flexibility index (Phi) is 8.25. The summed E-state index contributed by atoms with van der Waals surface area (Å²) in [6, 6.07) is 23.3. The highest BCUT2D eigenvalue weighted by Crippen LogP contribution is 2.18. The van der Waals surface area contributed by atoms with Gasteiger partial charge in [-0.05, 0) is 82.3 Å². The molecular weight excluding hydrogens is 440 g/mol. The number of carbonyl (C=O) groups excluding carboxylic acids is 3. The molecule has 0 aliphatic rings. The Morgan fingerprint density at radius 1 is 0.800 bits per heavy atom. The van der Waals surface area contributed by atoms with Crippen LogP contribution in [0.3, 0.4) is 0 Å². The second-order valence-corrected chi connectivity index (χ2v) is 9.15. The van der Waals surface area contributed by atoms with Gasteiger partial charge in [-0.25, -0.2) is 0 Å². The number of amides is 3. The van der Waals surface area contributed by atoms with Crippen LogP contribution in [0.15, 0.2) is 78.9 Å². The number of carbonyl (C=O) groups is 3. The fourth-order valence-electron chi connectivity index (χ4n) is 3.47. The van der Waals surface area contributed by atoms with E-state index in [0.717, 1.165) is 5.69 Å². The van der Waals surface area contributed by atoms with Crippen LogP contribution in [0, 0.1) is 0 Å². The van der Waals surface area contributed by atoms with Gasteiger partial charge in [0, 0.05) is 40.3 Å². The molecule has 7 heteroatoms. The van der Waals surface area contributed by atoms with Gasteiger partial charge in [0.2, 0.25) is 5.91 Å². The lowest BCUT2D eigenvalue weighted by Crippen LogP contribution is -2.40. The van der Waals surface area contributed by atoms with Crippen LogP contribution in [0.1, 0.15) is 48.4 Å². The van der Waals surface area contributed by atoms with Gasteiger partial charge in [-0.2, -0.15) is 0 Å². The van der Waals surface area contributed by atoms with E-state index in [1.807, 2.05) is 58.0 Å². The molecule has 0 heterocycles. The van der Waals surface area contributed by atoms with Gasteiger partial charge in [0.05, 0.1) is 6.54 Å². The minimum Gasteiger partial charge on any atom is -0.376 e. The quantitative estimate of drug-likeness (QED) is 0.433. The molecule has 0 atom stereocenters. The van der Waals surface area contributed by atoms with Crippen molar-refractivity contribution < 1.29 is 14.4 Å². The number of nitrogens with one attached hydrogen (secondary N) is 3. The highest BCUT2D eigenvalue weighted by atomic mass is 16.2. The first kappa shape index (κ1) is 25.5. The predicted molar refractivity (Wildman–Crippen MR) is 141 cm³/mol. The number of para-hydroxylation sites is 1. The average Bonchev–Trinajstić information content (AvgIpc) is 2.83. The maximum Gasteiger partial charge on any atom is 0.258 e. The van der Waals surface area contributed by atoms with Gasteiger partial charge in [-0.1, -0.05) is 24.3 Å². The summed E-state index contributed by atoms with van der Waals surface area (Å²) in [5, 5.41) is 8.78. The van der Waals surface area contributed by atoms with Crippen LogP contribution in [0.4, 0.5) is 17.1 Å². The van der Waals surface area contributed by atoms with E-state index in [1.54, 1.807) is 53.4 Å². The van der Waals surface area contributed by atoms with Crippen molar-refractivity contribution in [1.29, 1.82) is 0 Å². The predicted octanol–water partition coefficient (Wildman–Crippen LogP) is 4.93. The molecule has 0 radical (unpaired) electrons. The van der Waals surface area contributed by atoms with Gasteiger partial charge >= 0.3 is 0 Å². The van der Waals surface area contributed by atoms with Gasteiger partial charge in [-0.3, -0.25) is 14.4 Å². The highest BCUT2D eigenvalue weighted by Gasteiger charge is 2.17. The summed E-state index contributed by atoms with van der Waals surface area (Å²) >= 11 is 0. The summed E-state index contributed by atoms with van der Waals surface area (Å²) in [6.07, 6.45) is 0. The number of nitrogens with zero attached hydrogens (tertiary/aromatic N) is 1. The van der Waals surface area contributed by atoms with Crippen molar-refractivity contribution in [2.24, 2.45) is 0 Å². The van der Waals surface area contributed by atoms with Gasteiger partial charge in [-0.15, -0.1) is 0 Å². The monoisotopic (exact) mass is 472 g/mol. The normalized spacial score (nSPS) is 10.9. The summed E-state index contributed by atoms with van der Waals surface area (Å²) < 4.78 is 0. The highest BCUT2D eigenvalue weighted by molar-refractivity contribution is 6.06. The molecule has 0 saturated carbocycles. The van der Waals surface area contributed by atoms with E-state index >= 15 is 0 Å². The Balaban J connectivity index is 1.56. The Morgan fingerprint density at radius 2 is 1.49 bits per heavy atom. The van der Waals surface area contributed by atoms with Gasteiger partial charge in [0.25, 0.3) is 11.8 Å². The van der Waals surface area contributed by atoms with Crippen LogP contribution in [0.2, 0.25) is 0 Å². The molecule has 0 aliphatic heterocycles. The van der Waals surface area contributed by atoms with E-state index in [1.165, 1.54) is 0 Å². The Bertz CT molecular complexity index is 1170. The topological polar surface area (TPSA) is 90.5 Å². The van der Waals surface area contributed by atoms with Crippen LogP contribution >= 0.6 is 0 Å². The molecular formula is C28H32N4O3. The van der Waals surface area contributed by atoms with Crippen molar-refractivity contribution in [3.63, 3.8) is 0 Å². The first-order valence-corrected chi connectivity index (χ1v) is 11.6. The van der Waals surface area contributed by atoms with E-state index in [0.29, 0.717) is 29.0 Å². The van der Waals surface area contributed by atoms with Gasteiger partial charge in [0.1, 0.15) is 0 Å². The largest absolute Gasteiger partial charge is 0.376 e. The summed E-state index contributed by atoms with van der Waals surface area (Å²) in [6.45, 7) is 8.27. The van der Waals surface area contributed by atoms with E-state index in [4.69, 9.17) is 0 Å². The lowest BCUT2D eigenvalue weighted by atomic mass is 10.1. The number of hydrogen-bond donors (Lipinski definition) is 3. The van der Waals surface area contributed by atoms with E-state index in [-0.39, 0.29) is 29.8 Å². The molecule has 0 aromatic heterocycles. The molecule has 0 unspecified atom stereocenters. The summed E-state index contributed by atoms with van der Waals surface area (Å²) in [5.74, 6) is -0.518. The SMILES string of the molecule is CCN(C(=O)c1ccc(NC(=O)CNc2cccc(C(=O)NC(C)(C)C)c2)cc1)c1ccccc1. The maximum absolute atomic E-state index is 12.9. The molecule has 35 heavy (non-hydrogen) atoms. The smallest absolute Gasteiger partial charge is 0.258 e. The van der Waals surface area contributed by atoms with Gasteiger partial charge in [0.15, 0.2) is 0 Å². The number of rotatable bonds is 8. The lowest BCUT2D eigenvalue weighted by molar-refractivity contribution is -0.114. The second-order valence-electron chi connectivity index (χ2n) is 9.15. The summed E-state index contributed by atoms with van der Waals surface area (Å²) in [7, 11) is 0. The molecule has 3 aromatic rings. The lowest BCUT2D eigenvalue weighted by Gasteiger charge is -2.21. The number of anilines is 3. The van der Waals surface area contributed by atoms with Crippen molar-refractivity contribution in [3.05, 3.63) is 90.0 Å². The Morgan fingerprint density at radius 3 is 2.11 bits per heavy atom.